The van der Waals surface area contributed by atoms with Crippen LogP contribution in [0.3, 0.4) is 0 Å². The molecule has 76 valence electrons. The van der Waals surface area contributed by atoms with E-state index >= 15 is 0 Å². The van der Waals surface area contributed by atoms with E-state index in [9.17, 15) is 9.50 Å². The lowest BCUT2D eigenvalue weighted by Crippen LogP contribution is -2.07. The molecule has 0 spiro atoms. The van der Waals surface area contributed by atoms with Crippen molar-refractivity contribution in [3.05, 3.63) is 28.5 Å². The number of hydrogen-bond donors (Lipinski definition) is 1. The van der Waals surface area contributed by atoms with E-state index in [2.05, 4.69) is 0 Å². The standard InChI is InChI=1S/C10H10ClFO2/c1-14-9-7(10(13)2-3-10)4-6(12)5-8(9)11/h4-5,13H,2-3H2,1H3. The Morgan fingerprint density at radius 2 is 2.14 bits per heavy atom. The largest absolute Gasteiger partial charge is 0.495 e. The molecule has 0 heterocycles. The van der Waals surface area contributed by atoms with Crippen LogP contribution in [0.2, 0.25) is 5.02 Å². The number of ether oxygens (including phenoxy) is 1. The molecule has 1 N–H and O–H groups in total. The third-order valence-corrected chi connectivity index (χ3v) is 2.72. The second-order valence-corrected chi connectivity index (χ2v) is 3.91. The van der Waals surface area contributed by atoms with Gasteiger partial charge in [-0.3, -0.25) is 0 Å². The molecule has 4 heteroatoms. The van der Waals surface area contributed by atoms with Crippen LogP contribution in [0.4, 0.5) is 4.39 Å². The summed E-state index contributed by atoms with van der Waals surface area (Å²) in [6.07, 6.45) is 1.26. The number of rotatable bonds is 2. The van der Waals surface area contributed by atoms with Crippen molar-refractivity contribution in [1.82, 2.24) is 0 Å². The molecular weight excluding hydrogens is 207 g/mol. The number of aliphatic hydroxyl groups is 1. The normalized spacial score (nSPS) is 18.0. The van der Waals surface area contributed by atoms with Crippen molar-refractivity contribution in [2.45, 2.75) is 18.4 Å². The molecule has 1 saturated carbocycles. The van der Waals surface area contributed by atoms with E-state index in [0.29, 0.717) is 24.2 Å². The first-order valence-corrected chi connectivity index (χ1v) is 4.70. The molecule has 1 aromatic carbocycles. The molecule has 0 atom stereocenters. The summed E-state index contributed by atoms with van der Waals surface area (Å²) in [5.41, 5.74) is -0.484. The second kappa shape index (κ2) is 3.11. The molecule has 14 heavy (non-hydrogen) atoms. The van der Waals surface area contributed by atoms with Gasteiger partial charge in [-0.15, -0.1) is 0 Å². The van der Waals surface area contributed by atoms with Crippen LogP contribution in [0.25, 0.3) is 0 Å². The quantitative estimate of drug-likeness (QED) is 0.823. The van der Waals surface area contributed by atoms with Crippen molar-refractivity contribution in [2.24, 2.45) is 0 Å². The second-order valence-electron chi connectivity index (χ2n) is 3.50. The zero-order valence-electron chi connectivity index (χ0n) is 7.68. The minimum Gasteiger partial charge on any atom is -0.495 e. The van der Waals surface area contributed by atoms with Gasteiger partial charge in [-0.2, -0.15) is 0 Å². The van der Waals surface area contributed by atoms with Crippen LogP contribution in [0.15, 0.2) is 12.1 Å². The van der Waals surface area contributed by atoms with Crippen LogP contribution in [-0.4, -0.2) is 12.2 Å². The minimum absolute atomic E-state index is 0.197. The predicted molar refractivity (Wildman–Crippen MR) is 51.1 cm³/mol. The van der Waals surface area contributed by atoms with Crippen molar-refractivity contribution >= 4 is 11.6 Å². The monoisotopic (exact) mass is 216 g/mol. The van der Waals surface area contributed by atoms with Crippen molar-refractivity contribution in [3.63, 3.8) is 0 Å². The molecule has 0 bridgehead atoms. The summed E-state index contributed by atoms with van der Waals surface area (Å²) in [6, 6.07) is 2.45. The minimum atomic E-state index is -0.933. The van der Waals surface area contributed by atoms with Gasteiger partial charge in [-0.05, 0) is 25.0 Å². The van der Waals surface area contributed by atoms with E-state index in [0.717, 1.165) is 0 Å². The van der Waals surface area contributed by atoms with Gasteiger partial charge in [0.1, 0.15) is 11.6 Å². The number of methoxy groups -OCH3 is 1. The fourth-order valence-electron chi connectivity index (χ4n) is 1.50. The first-order chi connectivity index (χ1) is 6.57. The molecule has 2 nitrogen and oxygen atoms in total. The molecule has 1 aliphatic carbocycles. The van der Waals surface area contributed by atoms with Crippen LogP contribution in [0.1, 0.15) is 18.4 Å². The van der Waals surface area contributed by atoms with Gasteiger partial charge in [-0.25, -0.2) is 4.39 Å². The molecule has 0 aliphatic heterocycles. The summed E-state index contributed by atoms with van der Waals surface area (Å²) in [6.45, 7) is 0. The number of halogens is 2. The Kier molecular flexibility index (Phi) is 2.16. The first kappa shape index (κ1) is 9.74. The van der Waals surface area contributed by atoms with Gasteiger partial charge >= 0.3 is 0 Å². The van der Waals surface area contributed by atoms with Crippen LogP contribution in [0, 0.1) is 5.82 Å². The third-order valence-electron chi connectivity index (χ3n) is 2.44. The van der Waals surface area contributed by atoms with Crippen molar-refractivity contribution in [3.8, 4) is 5.75 Å². The lowest BCUT2D eigenvalue weighted by atomic mass is 10.1. The van der Waals surface area contributed by atoms with Gasteiger partial charge in [0.25, 0.3) is 0 Å². The number of hydrogen-bond acceptors (Lipinski definition) is 2. The van der Waals surface area contributed by atoms with Crippen molar-refractivity contribution in [1.29, 1.82) is 0 Å². The number of benzene rings is 1. The van der Waals surface area contributed by atoms with Gasteiger partial charge in [0.15, 0.2) is 0 Å². The molecule has 1 aromatic rings. The fraction of sp³-hybridized carbons (Fsp3) is 0.400. The Balaban J connectivity index is 2.56. The van der Waals surface area contributed by atoms with Crippen molar-refractivity contribution < 1.29 is 14.2 Å². The highest BCUT2D eigenvalue weighted by atomic mass is 35.5. The van der Waals surface area contributed by atoms with Gasteiger partial charge in [0.2, 0.25) is 0 Å². The summed E-state index contributed by atoms with van der Waals surface area (Å²) in [7, 11) is 1.45. The maximum absolute atomic E-state index is 13.1. The Hall–Kier alpha value is -0.800. The summed E-state index contributed by atoms with van der Waals surface area (Å²) in [5.74, 6) is -0.0841. The maximum Gasteiger partial charge on any atom is 0.143 e. The molecule has 0 aromatic heterocycles. The molecule has 0 amide bonds. The fourth-order valence-corrected chi connectivity index (χ4v) is 1.78. The van der Waals surface area contributed by atoms with Gasteiger partial charge in [0.05, 0.1) is 17.7 Å². The summed E-state index contributed by atoms with van der Waals surface area (Å²) >= 11 is 5.79. The molecule has 1 fully saturated rings. The highest BCUT2D eigenvalue weighted by molar-refractivity contribution is 6.32. The van der Waals surface area contributed by atoms with E-state index in [4.69, 9.17) is 16.3 Å². The van der Waals surface area contributed by atoms with Crippen LogP contribution < -0.4 is 4.74 Å². The summed E-state index contributed by atoms with van der Waals surface area (Å²) < 4.78 is 18.1. The third kappa shape index (κ3) is 1.47. The SMILES string of the molecule is COc1c(Cl)cc(F)cc1C1(O)CC1. The van der Waals surface area contributed by atoms with E-state index in [1.54, 1.807) is 0 Å². The predicted octanol–water partition coefficient (Wildman–Crippen LogP) is 2.47. The van der Waals surface area contributed by atoms with E-state index in [1.165, 1.54) is 19.2 Å². The Labute approximate surface area is 86.3 Å². The van der Waals surface area contributed by atoms with E-state index in [-0.39, 0.29) is 5.02 Å². The summed E-state index contributed by atoms with van der Waals surface area (Å²) in [5, 5.41) is 10.1. The molecule has 0 saturated heterocycles. The molecule has 0 unspecified atom stereocenters. The van der Waals surface area contributed by atoms with Gasteiger partial charge in [0, 0.05) is 5.56 Å². The summed E-state index contributed by atoms with van der Waals surface area (Å²) in [4.78, 5) is 0. The van der Waals surface area contributed by atoms with Crippen LogP contribution in [-0.2, 0) is 5.60 Å². The smallest absolute Gasteiger partial charge is 0.143 e. The van der Waals surface area contributed by atoms with E-state index in [1.807, 2.05) is 0 Å². The van der Waals surface area contributed by atoms with Gasteiger partial charge in [-0.1, -0.05) is 11.6 Å². The molecule has 1 aliphatic rings. The zero-order chi connectivity index (χ0) is 10.3. The van der Waals surface area contributed by atoms with E-state index < -0.39 is 11.4 Å². The molecular formula is C10H10ClFO2. The molecule has 0 radical (unpaired) electrons. The first-order valence-electron chi connectivity index (χ1n) is 4.33. The molecule has 2 rings (SSSR count). The Morgan fingerprint density at radius 3 is 2.64 bits per heavy atom. The van der Waals surface area contributed by atoms with Crippen molar-refractivity contribution in [2.75, 3.05) is 7.11 Å². The van der Waals surface area contributed by atoms with Crippen LogP contribution in [0.5, 0.6) is 5.75 Å². The average molecular weight is 217 g/mol. The lowest BCUT2D eigenvalue weighted by molar-refractivity contribution is 0.147. The highest BCUT2D eigenvalue weighted by Gasteiger charge is 2.45. The zero-order valence-corrected chi connectivity index (χ0v) is 8.44. The highest BCUT2D eigenvalue weighted by Crippen LogP contribution is 2.50. The Morgan fingerprint density at radius 1 is 1.50 bits per heavy atom. The maximum atomic E-state index is 13.1. The van der Waals surface area contributed by atoms with Crippen LogP contribution >= 0.6 is 11.6 Å². The average Bonchev–Trinajstić information content (AvgIpc) is 2.84. The van der Waals surface area contributed by atoms with Gasteiger partial charge < -0.3 is 9.84 Å². The topological polar surface area (TPSA) is 29.5 Å². The Bertz CT molecular complexity index is 375. The lowest BCUT2D eigenvalue weighted by Gasteiger charge is -2.14.